The Morgan fingerprint density at radius 1 is 1.39 bits per heavy atom. The average molecular weight is 370 g/mol. The third-order valence-corrected chi connectivity index (χ3v) is 5.78. The zero-order chi connectivity index (χ0) is 16.4. The molecule has 0 unspecified atom stereocenters. The number of allylic oxidation sites excluding steroid dienone is 6. The minimum absolute atomic E-state index is 0.0142. The zero-order valence-corrected chi connectivity index (χ0v) is 14.1. The number of rotatable bonds is 0. The summed E-state index contributed by atoms with van der Waals surface area (Å²) in [5.41, 5.74) is 2.67. The van der Waals surface area contributed by atoms with Crippen LogP contribution in [0, 0.1) is 22.2 Å². The van der Waals surface area contributed by atoms with Crippen LogP contribution in [0.1, 0.15) is 13.3 Å². The van der Waals surface area contributed by atoms with Crippen LogP contribution >= 0.6 is 15.9 Å². The summed E-state index contributed by atoms with van der Waals surface area (Å²) in [7, 11) is 0. The molecule has 0 aromatic heterocycles. The van der Waals surface area contributed by atoms with E-state index in [1.807, 2.05) is 37.3 Å². The molecule has 0 amide bonds. The van der Waals surface area contributed by atoms with E-state index in [0.717, 1.165) is 27.1 Å². The van der Waals surface area contributed by atoms with E-state index in [-0.39, 0.29) is 22.6 Å². The molecule has 4 nitrogen and oxygen atoms in total. The smallest absolute Gasteiger partial charge is 0.293 e. The Morgan fingerprint density at radius 2 is 2.17 bits per heavy atom. The van der Waals surface area contributed by atoms with Crippen LogP contribution in [0.2, 0.25) is 0 Å². The molecule has 4 aliphatic rings. The third kappa shape index (κ3) is 1.79. The van der Waals surface area contributed by atoms with E-state index in [4.69, 9.17) is 0 Å². The summed E-state index contributed by atoms with van der Waals surface area (Å²) in [6.07, 6.45) is 11.7. The van der Waals surface area contributed by atoms with Crippen LogP contribution < -0.4 is 0 Å². The van der Waals surface area contributed by atoms with Gasteiger partial charge in [-0.1, -0.05) is 40.2 Å². The fraction of sp³-hybridized carbons (Fsp3) is 0.333. The van der Waals surface area contributed by atoms with Crippen LogP contribution in [0.25, 0.3) is 0 Å². The van der Waals surface area contributed by atoms with Crippen molar-refractivity contribution in [2.24, 2.45) is 5.92 Å². The van der Waals surface area contributed by atoms with Gasteiger partial charge in [0.1, 0.15) is 6.07 Å². The van der Waals surface area contributed by atoms with Crippen molar-refractivity contribution < 1.29 is 9.55 Å². The second-order valence-electron chi connectivity index (χ2n) is 6.39. The van der Waals surface area contributed by atoms with Gasteiger partial charge >= 0.3 is 5.54 Å². The monoisotopic (exact) mass is 369 g/mol. The Labute approximate surface area is 142 Å². The summed E-state index contributed by atoms with van der Waals surface area (Å²) in [6, 6.07) is 1.92. The maximum absolute atomic E-state index is 12.7. The molecule has 0 bridgehead atoms. The summed E-state index contributed by atoms with van der Waals surface area (Å²) < 4.78 is 0.938. The van der Waals surface area contributed by atoms with Gasteiger partial charge in [0.25, 0.3) is 0 Å². The van der Waals surface area contributed by atoms with Crippen LogP contribution in [0.15, 0.2) is 58.7 Å². The van der Waals surface area contributed by atoms with E-state index in [9.17, 15) is 15.0 Å². The van der Waals surface area contributed by atoms with E-state index >= 15 is 0 Å². The number of hydrogen-bond donors (Lipinski definition) is 0. The number of alkyl halides is 1. The molecule has 1 aliphatic heterocycles. The van der Waals surface area contributed by atoms with E-state index in [1.54, 1.807) is 6.08 Å². The number of carbonyl (C=O) groups is 1. The molecule has 0 N–H and O–H groups in total. The van der Waals surface area contributed by atoms with Gasteiger partial charge < -0.3 is 0 Å². The molecule has 0 fully saturated rings. The number of halogens is 1. The zero-order valence-electron chi connectivity index (χ0n) is 12.5. The lowest BCUT2D eigenvalue weighted by Gasteiger charge is -2.41. The minimum Gasteiger partial charge on any atom is -0.293 e. The number of nitroso groups, excluding NO2 is 1. The Hall–Kier alpha value is -2.06. The quantitative estimate of drug-likeness (QED) is 0.486. The van der Waals surface area contributed by atoms with Gasteiger partial charge in [0.2, 0.25) is 6.04 Å². The van der Waals surface area contributed by atoms with Crippen LogP contribution in [0.5, 0.6) is 0 Å². The number of nitriles is 1. The largest absolute Gasteiger partial charge is 0.309 e. The van der Waals surface area contributed by atoms with E-state index in [0.29, 0.717) is 6.42 Å². The lowest BCUT2D eigenvalue weighted by Crippen LogP contribution is -2.55. The van der Waals surface area contributed by atoms with Gasteiger partial charge in [-0.15, -0.1) is 0 Å². The molecule has 0 radical (unpaired) electrons. The summed E-state index contributed by atoms with van der Waals surface area (Å²) in [4.78, 5) is 24.3. The molecule has 4 atom stereocenters. The van der Waals surface area contributed by atoms with Crippen LogP contribution in [-0.2, 0) is 4.79 Å². The summed E-state index contributed by atoms with van der Waals surface area (Å²) in [5.74, 6) is -0.247. The third-order valence-electron chi connectivity index (χ3n) is 5.07. The Balaban J connectivity index is 2.02. The first-order chi connectivity index (χ1) is 11.0. The number of fused-ring (bicyclic) bond motifs is 2. The van der Waals surface area contributed by atoms with Gasteiger partial charge in [0.15, 0.2) is 5.78 Å². The van der Waals surface area contributed by atoms with Crippen LogP contribution in [0.4, 0.5) is 0 Å². The Morgan fingerprint density at radius 3 is 2.91 bits per heavy atom. The van der Waals surface area contributed by atoms with Crippen molar-refractivity contribution in [3.05, 3.63) is 63.7 Å². The molecule has 0 aromatic carbocycles. The molecule has 1 heterocycles. The number of ketones is 1. The predicted molar refractivity (Wildman–Crippen MR) is 88.7 cm³/mol. The van der Waals surface area contributed by atoms with Gasteiger partial charge in [-0.2, -0.15) is 5.26 Å². The van der Waals surface area contributed by atoms with Crippen LogP contribution in [-0.4, -0.2) is 27.0 Å². The van der Waals surface area contributed by atoms with Crippen molar-refractivity contribution in [3.8, 4) is 6.07 Å². The number of hydrogen-bond acceptors (Lipinski definition) is 3. The predicted octanol–water partition coefficient (Wildman–Crippen LogP) is 3.07. The maximum atomic E-state index is 12.7. The Bertz CT molecular complexity index is 853. The second-order valence-corrected chi connectivity index (χ2v) is 7.38. The molecular weight excluding hydrogens is 356 g/mol. The number of carbonyl (C=O) groups excluding carboxylic acids is 1. The van der Waals surface area contributed by atoms with Crippen molar-refractivity contribution in [1.29, 1.82) is 5.26 Å². The highest BCUT2D eigenvalue weighted by Gasteiger charge is 2.61. The molecule has 0 spiro atoms. The van der Waals surface area contributed by atoms with Crippen molar-refractivity contribution in [1.82, 2.24) is 0 Å². The van der Waals surface area contributed by atoms with E-state index in [1.165, 1.54) is 0 Å². The van der Waals surface area contributed by atoms with Gasteiger partial charge in [0, 0.05) is 16.6 Å². The minimum atomic E-state index is -1.10. The number of nitrogens with zero attached hydrogens (tertiary/aromatic N) is 2. The normalized spacial score (nSPS) is 37.7. The first-order valence-electron chi connectivity index (χ1n) is 7.57. The molecular formula is C18H14BrN2O2+. The molecule has 5 heteroatoms. The molecule has 0 saturated heterocycles. The topological polar surface area (TPSA) is 60.9 Å². The van der Waals surface area contributed by atoms with Crippen molar-refractivity contribution in [3.63, 3.8) is 0 Å². The van der Waals surface area contributed by atoms with Crippen molar-refractivity contribution >= 4 is 21.7 Å². The van der Waals surface area contributed by atoms with Gasteiger partial charge in [-0.25, -0.2) is 0 Å². The molecule has 0 aromatic rings. The van der Waals surface area contributed by atoms with Gasteiger partial charge in [-0.05, 0) is 34.4 Å². The maximum Gasteiger partial charge on any atom is 0.309 e. The summed E-state index contributed by atoms with van der Waals surface area (Å²) in [6.45, 7) is 1.81. The fourth-order valence-corrected chi connectivity index (χ4v) is 4.44. The van der Waals surface area contributed by atoms with Crippen molar-refractivity contribution in [2.75, 3.05) is 0 Å². The van der Waals surface area contributed by atoms with Crippen LogP contribution in [0.3, 0.4) is 0 Å². The SMILES string of the molecule is C[C@@H]1C=C2C3=C[C@@H](Br)C(=O)C=C3C=C3C=CC[C@](C#N)([C@H]32)[N+]1=O. The molecule has 0 saturated carbocycles. The van der Waals surface area contributed by atoms with Gasteiger partial charge in [-0.3, -0.25) is 4.79 Å². The fourth-order valence-electron chi connectivity index (χ4n) is 4.04. The molecule has 4 rings (SSSR count). The van der Waals surface area contributed by atoms with E-state index < -0.39 is 5.54 Å². The average Bonchev–Trinajstić information content (AvgIpc) is 2.54. The highest BCUT2D eigenvalue weighted by atomic mass is 79.9. The first kappa shape index (κ1) is 14.5. The van der Waals surface area contributed by atoms with Gasteiger partial charge in [0.05, 0.1) is 17.2 Å². The lowest BCUT2D eigenvalue weighted by atomic mass is 9.62. The lowest BCUT2D eigenvalue weighted by molar-refractivity contribution is -0.641. The highest BCUT2D eigenvalue weighted by Crippen LogP contribution is 2.51. The van der Waals surface area contributed by atoms with E-state index in [2.05, 4.69) is 22.0 Å². The second kappa shape index (κ2) is 4.72. The van der Waals surface area contributed by atoms with Crippen molar-refractivity contribution in [2.45, 2.75) is 29.8 Å². The molecule has 114 valence electrons. The Kier molecular flexibility index (Phi) is 2.98. The summed E-state index contributed by atoms with van der Waals surface area (Å²) >= 11 is 3.38. The summed E-state index contributed by atoms with van der Waals surface area (Å²) in [5, 5.41) is 9.83. The standard InChI is InChI=1S/C18H14BrN2O2/c1-10-5-14-13-8-15(19)16(22)7-12(13)6-11-3-2-4-18(9-20,17(11)14)21(10)23/h2-3,5-8,10,15,17H,4H2,1H3/q+1/t10-,15-,17-,18+/m1/s1. The first-order valence-corrected chi connectivity index (χ1v) is 8.49. The highest BCUT2D eigenvalue weighted by molar-refractivity contribution is 9.10. The molecule has 3 aliphatic carbocycles. The molecule has 23 heavy (non-hydrogen) atoms.